The van der Waals surface area contributed by atoms with E-state index < -0.39 is 17.4 Å². The minimum absolute atomic E-state index is 0.00254. The van der Waals surface area contributed by atoms with Gasteiger partial charge in [-0.2, -0.15) is 10.5 Å². The summed E-state index contributed by atoms with van der Waals surface area (Å²) in [5, 5.41) is 25.3. The van der Waals surface area contributed by atoms with Gasteiger partial charge in [0.2, 0.25) is 0 Å². The Bertz CT molecular complexity index is 1700. The minimum Gasteiger partial charge on any atom is -0.491 e. The molecule has 5 rings (SSSR count). The average molecular weight is 637 g/mol. The van der Waals surface area contributed by atoms with Crippen molar-refractivity contribution in [3.05, 3.63) is 76.3 Å². The molecule has 0 saturated carbocycles. The van der Waals surface area contributed by atoms with Crippen molar-refractivity contribution < 1.29 is 23.0 Å². The first kappa shape index (κ1) is 32.6. The van der Waals surface area contributed by atoms with Crippen molar-refractivity contribution in [3.8, 4) is 29.0 Å². The Labute approximate surface area is 262 Å². The molecule has 9 nitrogen and oxygen atoms in total. The van der Waals surface area contributed by atoms with Gasteiger partial charge in [-0.05, 0) is 43.7 Å². The molecule has 1 saturated heterocycles. The highest BCUT2D eigenvalue weighted by molar-refractivity contribution is 7.98. The van der Waals surface area contributed by atoms with Crippen LogP contribution in [0.25, 0.3) is 11.1 Å². The van der Waals surface area contributed by atoms with E-state index in [0.29, 0.717) is 51.7 Å². The topological polar surface area (TPSA) is 139 Å². The van der Waals surface area contributed by atoms with Crippen molar-refractivity contribution in [1.29, 1.82) is 10.5 Å². The molecule has 1 atom stereocenters. The van der Waals surface area contributed by atoms with E-state index in [1.165, 1.54) is 29.2 Å². The van der Waals surface area contributed by atoms with Gasteiger partial charge in [0.25, 0.3) is 0 Å². The highest BCUT2D eigenvalue weighted by Gasteiger charge is 2.33. The van der Waals surface area contributed by atoms with Crippen molar-refractivity contribution >= 4 is 39.7 Å². The van der Waals surface area contributed by atoms with Gasteiger partial charge in [0.05, 0.1) is 23.6 Å². The van der Waals surface area contributed by atoms with Gasteiger partial charge in [-0.3, -0.25) is 0 Å². The number of aromatic nitrogens is 2. The largest absolute Gasteiger partial charge is 0.491 e. The molecule has 1 aliphatic heterocycles. The first-order chi connectivity index (χ1) is 21.2. The van der Waals surface area contributed by atoms with Gasteiger partial charge in [-0.25, -0.2) is 18.7 Å². The van der Waals surface area contributed by atoms with E-state index in [0.717, 1.165) is 12.1 Å². The number of hydrogen-bond acceptors (Lipinski definition) is 11. The average Bonchev–Trinajstić information content (AvgIpc) is 3.62. The van der Waals surface area contributed by atoms with Gasteiger partial charge in [0, 0.05) is 22.8 Å². The maximum Gasteiger partial charge on any atom is 0.187 e. The van der Waals surface area contributed by atoms with Crippen LogP contribution in [0.5, 0.6) is 5.75 Å². The number of thiazole rings is 1. The third-order valence-corrected chi connectivity index (χ3v) is 7.96. The molecule has 0 radical (unpaired) electrons. The molecule has 2 aromatic heterocycles. The molecule has 2 aromatic carbocycles. The van der Waals surface area contributed by atoms with Gasteiger partial charge in [-0.1, -0.05) is 37.7 Å². The number of nitrogens with zero attached hydrogens (tertiary/aromatic N) is 4. The molecule has 228 valence electrons. The zero-order valence-corrected chi connectivity index (χ0v) is 26.1. The maximum atomic E-state index is 14.0. The van der Waals surface area contributed by atoms with Crippen LogP contribution in [0.2, 0.25) is 0 Å². The number of halogens is 2. The van der Waals surface area contributed by atoms with E-state index in [-0.39, 0.29) is 28.7 Å². The number of nitrogens with one attached hydrogen (secondary N) is 1. The van der Waals surface area contributed by atoms with Crippen molar-refractivity contribution in [3.63, 3.8) is 0 Å². The number of ether oxygens (including phenoxy) is 3. The minimum atomic E-state index is -0.731. The quantitative estimate of drug-likeness (QED) is 0.179. The Hall–Kier alpha value is -4.27. The standard InChI is InChI=1S/C29H24F2N6O3S2.C2H6/c1-29(2)39-13-20(40-29)12-38-19-6-3-16(4-7-19)25-21(10-32)26(34)37-27(22(25)11-33)41-14-18-15-42-28(35-18)36-24-8-5-17(30)9-23(24)31;1-2/h3-9,15,20H,12-14H2,1-2H3,(H2,34,37)(H,35,36);1-2H3. The summed E-state index contributed by atoms with van der Waals surface area (Å²) in [6.45, 7) is 8.44. The monoisotopic (exact) mass is 636 g/mol. The summed E-state index contributed by atoms with van der Waals surface area (Å²) >= 11 is 2.48. The van der Waals surface area contributed by atoms with Crippen LogP contribution in [0.3, 0.4) is 0 Å². The fourth-order valence-electron chi connectivity index (χ4n) is 4.22. The Morgan fingerprint density at radius 3 is 2.48 bits per heavy atom. The second-order valence-corrected chi connectivity index (χ2v) is 11.4. The van der Waals surface area contributed by atoms with E-state index in [1.807, 2.05) is 27.7 Å². The highest BCUT2D eigenvalue weighted by Crippen LogP contribution is 2.37. The number of hydrogen-bond donors (Lipinski definition) is 2. The number of nitrogens with two attached hydrogens (primary N) is 1. The summed E-state index contributed by atoms with van der Waals surface area (Å²) in [4.78, 5) is 8.77. The SMILES string of the molecule is CC.CC1(C)OCC(COc2ccc(-c3c(C#N)c(N)nc(SCc4csc(Nc5ccc(F)cc5F)n4)c3C#N)cc2)O1. The van der Waals surface area contributed by atoms with Crippen molar-refractivity contribution in [2.24, 2.45) is 0 Å². The third-order valence-electron chi connectivity index (χ3n) is 6.14. The van der Waals surface area contributed by atoms with E-state index in [4.69, 9.17) is 19.9 Å². The van der Waals surface area contributed by atoms with Crippen molar-refractivity contribution in [2.45, 2.75) is 50.4 Å². The number of benzene rings is 2. The molecule has 1 unspecified atom stereocenters. The molecular weight excluding hydrogens is 607 g/mol. The second kappa shape index (κ2) is 14.5. The number of nitriles is 2. The normalized spacial score (nSPS) is 15.0. The van der Waals surface area contributed by atoms with Crippen molar-refractivity contribution in [1.82, 2.24) is 9.97 Å². The zero-order valence-electron chi connectivity index (χ0n) is 24.5. The number of nitrogen functional groups attached to an aromatic ring is 1. The van der Waals surface area contributed by atoms with Crippen LogP contribution in [0.15, 0.2) is 52.9 Å². The van der Waals surface area contributed by atoms with E-state index >= 15 is 0 Å². The first-order valence-electron chi connectivity index (χ1n) is 13.6. The molecule has 13 heteroatoms. The molecule has 0 amide bonds. The summed E-state index contributed by atoms with van der Waals surface area (Å²) in [5.41, 5.74) is 8.19. The summed E-state index contributed by atoms with van der Waals surface area (Å²) < 4.78 is 44.4. The molecule has 44 heavy (non-hydrogen) atoms. The number of thioether (sulfide) groups is 1. The van der Waals surface area contributed by atoms with Gasteiger partial charge in [0.15, 0.2) is 10.9 Å². The Balaban J connectivity index is 0.00000216. The molecular formula is C31H30F2N6O3S2. The van der Waals surface area contributed by atoms with Gasteiger partial charge >= 0.3 is 0 Å². The smallest absolute Gasteiger partial charge is 0.187 e. The molecule has 4 aromatic rings. The molecule has 0 bridgehead atoms. The number of rotatable bonds is 9. The van der Waals surface area contributed by atoms with Crippen LogP contribution >= 0.6 is 23.1 Å². The summed E-state index contributed by atoms with van der Waals surface area (Å²) in [6, 6.07) is 14.5. The fourth-order valence-corrected chi connectivity index (χ4v) is 5.94. The van der Waals surface area contributed by atoms with Crippen LogP contribution < -0.4 is 15.8 Å². The summed E-state index contributed by atoms with van der Waals surface area (Å²) in [7, 11) is 0. The lowest BCUT2D eigenvalue weighted by Crippen LogP contribution is -2.25. The molecule has 3 N–H and O–H groups in total. The Kier molecular flexibility index (Phi) is 10.7. The maximum absolute atomic E-state index is 14.0. The summed E-state index contributed by atoms with van der Waals surface area (Å²) in [5.74, 6) is -1.12. The van der Waals surface area contributed by atoms with Crippen molar-refractivity contribution in [2.75, 3.05) is 24.3 Å². The van der Waals surface area contributed by atoms with Crippen LogP contribution in [0.1, 0.15) is 44.5 Å². The Morgan fingerprint density at radius 2 is 1.84 bits per heavy atom. The molecule has 1 fully saturated rings. The number of pyridine rings is 1. The van der Waals surface area contributed by atoms with E-state index in [9.17, 15) is 19.3 Å². The summed E-state index contributed by atoms with van der Waals surface area (Å²) in [6.07, 6.45) is -0.191. The third kappa shape index (κ3) is 7.81. The van der Waals surface area contributed by atoms with Crippen LogP contribution in [0, 0.1) is 34.3 Å². The molecule has 3 heterocycles. The lowest BCUT2D eigenvalue weighted by molar-refractivity contribution is -0.141. The van der Waals surface area contributed by atoms with Crippen LogP contribution in [-0.4, -0.2) is 35.1 Å². The van der Waals surface area contributed by atoms with Gasteiger partial charge < -0.3 is 25.3 Å². The zero-order chi connectivity index (χ0) is 31.9. The van der Waals surface area contributed by atoms with Crippen LogP contribution in [-0.2, 0) is 15.2 Å². The molecule has 0 aliphatic carbocycles. The fraction of sp³-hybridized carbons (Fsp3) is 0.290. The first-order valence-corrected chi connectivity index (χ1v) is 15.5. The highest BCUT2D eigenvalue weighted by atomic mass is 32.2. The predicted molar refractivity (Wildman–Crippen MR) is 167 cm³/mol. The van der Waals surface area contributed by atoms with Gasteiger partial charge in [0.1, 0.15) is 58.6 Å². The lowest BCUT2D eigenvalue weighted by atomic mass is 9.97. The number of anilines is 3. The second-order valence-electron chi connectivity index (χ2n) is 9.62. The Morgan fingerprint density at radius 1 is 1.11 bits per heavy atom. The lowest BCUT2D eigenvalue weighted by Gasteiger charge is -2.17. The molecule has 1 aliphatic rings. The van der Waals surface area contributed by atoms with Crippen LogP contribution in [0.4, 0.5) is 25.4 Å². The van der Waals surface area contributed by atoms with E-state index in [1.54, 1.807) is 29.6 Å². The molecule has 0 spiro atoms. The van der Waals surface area contributed by atoms with E-state index in [2.05, 4.69) is 27.4 Å². The van der Waals surface area contributed by atoms with Gasteiger partial charge in [-0.15, -0.1) is 11.3 Å². The predicted octanol–water partition coefficient (Wildman–Crippen LogP) is 7.40.